The number of carbonyl (C=O) groups excluding carboxylic acids is 1. The van der Waals surface area contributed by atoms with Gasteiger partial charge in [-0.3, -0.25) is 9.10 Å². The Kier molecular flexibility index (Phi) is 5.73. The summed E-state index contributed by atoms with van der Waals surface area (Å²) in [4.78, 5) is 13.0. The zero-order valence-electron chi connectivity index (χ0n) is 17.4. The summed E-state index contributed by atoms with van der Waals surface area (Å²) in [5.74, 6) is 1.55. The second-order valence-corrected chi connectivity index (χ2v) is 10.2. The molecule has 2 aromatic carbocycles. The van der Waals surface area contributed by atoms with E-state index in [2.05, 4.69) is 5.32 Å². The maximum Gasteiger partial charge on any atom is 0.264 e. The van der Waals surface area contributed by atoms with E-state index in [1.54, 1.807) is 24.3 Å². The standard InChI is InChI=1S/C23H28N2O4S/c1-16-3-7-19(8-4-16)25(30(27,28)21-11-9-20(29-2)10-12-21)15-23(26)24-22-14-17-5-6-18(22)13-17/h3-4,7-12,17-18,22H,5-6,13-15H2,1-2H3,(H,24,26)/t17-,18-,22+/m0/s1. The molecule has 2 saturated carbocycles. The first-order chi connectivity index (χ1) is 14.4. The van der Waals surface area contributed by atoms with Crippen molar-refractivity contribution >= 4 is 21.6 Å². The van der Waals surface area contributed by atoms with Gasteiger partial charge in [-0.2, -0.15) is 0 Å². The van der Waals surface area contributed by atoms with Gasteiger partial charge in [-0.15, -0.1) is 0 Å². The molecule has 3 atom stereocenters. The molecule has 0 aromatic heterocycles. The van der Waals surface area contributed by atoms with Gasteiger partial charge in [-0.25, -0.2) is 8.42 Å². The maximum absolute atomic E-state index is 13.4. The molecule has 160 valence electrons. The first-order valence-corrected chi connectivity index (χ1v) is 11.8. The summed E-state index contributed by atoms with van der Waals surface area (Å²) >= 11 is 0. The fourth-order valence-corrected chi connectivity index (χ4v) is 6.13. The Balaban J connectivity index is 1.58. The first kappa shape index (κ1) is 20.7. The lowest BCUT2D eigenvalue weighted by atomic mass is 9.95. The molecule has 0 radical (unpaired) electrons. The fraction of sp³-hybridized carbons (Fsp3) is 0.435. The van der Waals surface area contributed by atoms with Crippen molar-refractivity contribution in [2.24, 2.45) is 11.8 Å². The quantitative estimate of drug-likeness (QED) is 0.732. The van der Waals surface area contributed by atoms with Crippen LogP contribution in [0, 0.1) is 18.8 Å². The van der Waals surface area contributed by atoms with Gasteiger partial charge in [0.25, 0.3) is 10.0 Å². The molecule has 6 nitrogen and oxygen atoms in total. The zero-order chi connectivity index (χ0) is 21.3. The Bertz CT molecular complexity index is 1000. The van der Waals surface area contributed by atoms with Gasteiger partial charge >= 0.3 is 0 Å². The number of sulfonamides is 1. The van der Waals surface area contributed by atoms with Crippen LogP contribution in [0.3, 0.4) is 0 Å². The van der Waals surface area contributed by atoms with Crippen LogP contribution in [0.2, 0.25) is 0 Å². The summed E-state index contributed by atoms with van der Waals surface area (Å²) in [5.41, 5.74) is 1.49. The topological polar surface area (TPSA) is 75.7 Å². The molecule has 0 unspecified atom stereocenters. The third kappa shape index (κ3) is 4.17. The van der Waals surface area contributed by atoms with E-state index in [9.17, 15) is 13.2 Å². The highest BCUT2D eigenvalue weighted by Crippen LogP contribution is 2.44. The number of nitrogens with one attached hydrogen (secondary N) is 1. The molecule has 4 rings (SSSR count). The molecule has 0 aliphatic heterocycles. The zero-order valence-corrected chi connectivity index (χ0v) is 18.2. The van der Waals surface area contributed by atoms with E-state index < -0.39 is 10.0 Å². The van der Waals surface area contributed by atoms with Crippen LogP contribution in [0.5, 0.6) is 5.75 Å². The third-order valence-electron chi connectivity index (χ3n) is 6.34. The SMILES string of the molecule is COc1ccc(S(=O)(=O)N(CC(=O)N[C@@H]2C[C@H]3CC[C@H]2C3)c2ccc(C)cc2)cc1. The Morgan fingerprint density at radius 1 is 1.07 bits per heavy atom. The second-order valence-electron chi connectivity index (χ2n) is 8.37. The van der Waals surface area contributed by atoms with E-state index in [4.69, 9.17) is 4.74 Å². The summed E-state index contributed by atoms with van der Waals surface area (Å²) < 4.78 is 33.2. The Morgan fingerprint density at radius 3 is 2.33 bits per heavy atom. The van der Waals surface area contributed by atoms with Crippen molar-refractivity contribution in [2.45, 2.75) is 43.5 Å². The Hall–Kier alpha value is -2.54. The molecule has 1 N–H and O–H groups in total. The van der Waals surface area contributed by atoms with Crippen molar-refractivity contribution in [1.82, 2.24) is 5.32 Å². The van der Waals surface area contributed by atoms with Crippen LogP contribution in [0.1, 0.15) is 31.2 Å². The molecule has 2 aliphatic carbocycles. The summed E-state index contributed by atoms with van der Waals surface area (Å²) in [7, 11) is -2.38. The summed E-state index contributed by atoms with van der Waals surface area (Å²) in [5, 5.41) is 3.10. The smallest absolute Gasteiger partial charge is 0.264 e. The van der Waals surface area contributed by atoms with Crippen LogP contribution >= 0.6 is 0 Å². The van der Waals surface area contributed by atoms with Crippen LogP contribution in [-0.2, 0) is 14.8 Å². The Morgan fingerprint density at radius 2 is 1.77 bits per heavy atom. The lowest BCUT2D eigenvalue weighted by Crippen LogP contribution is -2.46. The second kappa shape index (κ2) is 8.30. The molecule has 2 bridgehead atoms. The predicted octanol–water partition coefficient (Wildman–Crippen LogP) is 3.50. The third-order valence-corrected chi connectivity index (χ3v) is 8.13. The summed E-state index contributed by atoms with van der Waals surface area (Å²) in [6, 6.07) is 13.6. The van der Waals surface area contributed by atoms with Crippen LogP contribution in [0.25, 0.3) is 0 Å². The number of anilines is 1. The van der Waals surface area contributed by atoms with Crippen molar-refractivity contribution < 1.29 is 17.9 Å². The molecular formula is C23H28N2O4S. The number of nitrogens with zero attached hydrogens (tertiary/aromatic N) is 1. The molecule has 7 heteroatoms. The number of benzene rings is 2. The normalized spacial score (nSPS) is 22.7. The Labute approximate surface area is 178 Å². The number of amides is 1. The number of hydrogen-bond acceptors (Lipinski definition) is 4. The van der Waals surface area contributed by atoms with E-state index in [0.29, 0.717) is 23.3 Å². The minimum absolute atomic E-state index is 0.122. The number of ether oxygens (including phenoxy) is 1. The number of fused-ring (bicyclic) bond motifs is 2. The van der Waals surface area contributed by atoms with Crippen LogP contribution in [-0.4, -0.2) is 34.0 Å². The molecule has 0 heterocycles. The molecule has 1 amide bonds. The average molecular weight is 429 g/mol. The van der Waals surface area contributed by atoms with Crippen LogP contribution in [0.4, 0.5) is 5.69 Å². The van der Waals surface area contributed by atoms with Crippen molar-refractivity contribution in [3.05, 3.63) is 54.1 Å². The fourth-order valence-electron chi connectivity index (χ4n) is 4.71. The lowest BCUT2D eigenvalue weighted by Gasteiger charge is -2.27. The average Bonchev–Trinajstić information content (AvgIpc) is 3.36. The van der Waals surface area contributed by atoms with Crippen molar-refractivity contribution in [3.63, 3.8) is 0 Å². The van der Waals surface area contributed by atoms with Gasteiger partial charge in [0.15, 0.2) is 0 Å². The number of carbonyl (C=O) groups is 1. The molecule has 2 fully saturated rings. The van der Waals surface area contributed by atoms with Gasteiger partial charge in [-0.1, -0.05) is 24.1 Å². The van der Waals surface area contributed by atoms with Gasteiger partial charge in [0.05, 0.1) is 17.7 Å². The number of methoxy groups -OCH3 is 1. The number of rotatable bonds is 7. The van der Waals surface area contributed by atoms with E-state index in [1.165, 1.54) is 36.4 Å². The summed E-state index contributed by atoms with van der Waals surface area (Å²) in [6.07, 6.45) is 4.59. The number of hydrogen-bond donors (Lipinski definition) is 1. The van der Waals surface area contributed by atoms with Gasteiger partial charge in [-0.05, 0) is 74.4 Å². The van der Waals surface area contributed by atoms with E-state index >= 15 is 0 Å². The van der Waals surface area contributed by atoms with E-state index in [-0.39, 0.29) is 23.4 Å². The molecule has 30 heavy (non-hydrogen) atoms. The number of aryl methyl sites for hydroxylation is 1. The van der Waals surface area contributed by atoms with Gasteiger partial charge < -0.3 is 10.1 Å². The predicted molar refractivity (Wildman–Crippen MR) is 116 cm³/mol. The minimum atomic E-state index is -3.91. The van der Waals surface area contributed by atoms with Gasteiger partial charge in [0.2, 0.25) is 5.91 Å². The van der Waals surface area contributed by atoms with Crippen molar-refractivity contribution in [1.29, 1.82) is 0 Å². The van der Waals surface area contributed by atoms with Crippen molar-refractivity contribution in [3.8, 4) is 5.75 Å². The van der Waals surface area contributed by atoms with Gasteiger partial charge in [0, 0.05) is 6.04 Å². The maximum atomic E-state index is 13.4. The first-order valence-electron chi connectivity index (χ1n) is 10.4. The van der Waals surface area contributed by atoms with Crippen LogP contribution < -0.4 is 14.4 Å². The molecule has 2 aliphatic rings. The van der Waals surface area contributed by atoms with Crippen LogP contribution in [0.15, 0.2) is 53.4 Å². The monoisotopic (exact) mass is 428 g/mol. The van der Waals surface area contributed by atoms with Crippen molar-refractivity contribution in [2.75, 3.05) is 18.0 Å². The van der Waals surface area contributed by atoms with E-state index in [1.807, 2.05) is 19.1 Å². The minimum Gasteiger partial charge on any atom is -0.497 e. The van der Waals surface area contributed by atoms with Gasteiger partial charge in [0.1, 0.15) is 12.3 Å². The molecule has 2 aromatic rings. The summed E-state index contributed by atoms with van der Waals surface area (Å²) in [6.45, 7) is 1.69. The molecular weight excluding hydrogens is 400 g/mol. The highest BCUT2D eigenvalue weighted by molar-refractivity contribution is 7.92. The van der Waals surface area contributed by atoms with E-state index in [0.717, 1.165) is 18.4 Å². The largest absolute Gasteiger partial charge is 0.497 e. The molecule has 0 spiro atoms. The molecule has 0 saturated heterocycles. The lowest BCUT2D eigenvalue weighted by molar-refractivity contribution is -0.120. The highest BCUT2D eigenvalue weighted by atomic mass is 32.2. The highest BCUT2D eigenvalue weighted by Gasteiger charge is 2.40.